The van der Waals surface area contributed by atoms with Crippen molar-refractivity contribution in [3.63, 3.8) is 0 Å². The molecule has 3 rings (SSSR count). The molecule has 2 aromatic carbocycles. The van der Waals surface area contributed by atoms with E-state index in [4.69, 9.17) is 9.47 Å². The van der Waals surface area contributed by atoms with Crippen LogP contribution in [0, 0.1) is 0 Å². The molecule has 5 heteroatoms. The summed E-state index contributed by atoms with van der Waals surface area (Å²) < 4.78 is 11.1. The van der Waals surface area contributed by atoms with E-state index in [1.54, 1.807) is 7.11 Å². The molecule has 1 aliphatic heterocycles. The quantitative estimate of drug-likeness (QED) is 0.730. The lowest BCUT2D eigenvalue weighted by molar-refractivity contribution is -0.114. The van der Waals surface area contributed by atoms with E-state index in [2.05, 4.69) is 12.0 Å². The third-order valence-electron chi connectivity index (χ3n) is 4.02. The predicted molar refractivity (Wildman–Crippen MR) is 104 cm³/mol. The van der Waals surface area contributed by atoms with Crippen LogP contribution in [0.4, 0.5) is 5.69 Å². The second kappa shape index (κ2) is 7.87. The van der Waals surface area contributed by atoms with Crippen LogP contribution < -0.4 is 14.5 Å². The number of carbonyl (C=O) groups excluding carboxylic acids is 1. The molecule has 5 nitrogen and oxygen atoms in total. The molecule has 1 amide bonds. The number of rotatable bonds is 6. The van der Waals surface area contributed by atoms with Gasteiger partial charge in [0, 0.05) is 0 Å². The highest BCUT2D eigenvalue weighted by Crippen LogP contribution is 2.30. The van der Waals surface area contributed by atoms with Crippen LogP contribution in [0.1, 0.15) is 25.8 Å². The van der Waals surface area contributed by atoms with E-state index in [0.29, 0.717) is 29.4 Å². The molecule has 0 spiro atoms. The Morgan fingerprint density at radius 1 is 1.12 bits per heavy atom. The van der Waals surface area contributed by atoms with Gasteiger partial charge in [-0.1, -0.05) is 31.2 Å². The van der Waals surface area contributed by atoms with Gasteiger partial charge in [0.2, 0.25) is 0 Å². The molecule has 0 fully saturated rings. The smallest absolute Gasteiger partial charge is 0.280 e. The Morgan fingerprint density at radius 3 is 2.58 bits per heavy atom. The van der Waals surface area contributed by atoms with E-state index in [1.807, 2.05) is 61.5 Å². The first-order valence-corrected chi connectivity index (χ1v) is 8.61. The Kier molecular flexibility index (Phi) is 5.37. The highest BCUT2D eigenvalue weighted by molar-refractivity contribution is 6.32. The number of ether oxygens (including phenoxy) is 2. The number of benzene rings is 2. The van der Waals surface area contributed by atoms with E-state index in [-0.39, 0.29) is 5.91 Å². The van der Waals surface area contributed by atoms with Crippen molar-refractivity contribution in [1.82, 2.24) is 0 Å². The summed E-state index contributed by atoms with van der Waals surface area (Å²) in [4.78, 5) is 12.8. The fourth-order valence-corrected chi connectivity index (χ4v) is 2.70. The van der Waals surface area contributed by atoms with Crippen molar-refractivity contribution >= 4 is 23.4 Å². The molecule has 0 bridgehead atoms. The average molecular weight is 350 g/mol. The maximum Gasteiger partial charge on any atom is 0.280 e. The predicted octanol–water partition coefficient (Wildman–Crippen LogP) is 4.29. The Morgan fingerprint density at radius 2 is 1.88 bits per heavy atom. The minimum atomic E-state index is -0.140. The third kappa shape index (κ3) is 3.61. The molecule has 0 aliphatic carbocycles. The van der Waals surface area contributed by atoms with Gasteiger partial charge < -0.3 is 9.47 Å². The van der Waals surface area contributed by atoms with Gasteiger partial charge in [0.05, 0.1) is 30.7 Å². The summed E-state index contributed by atoms with van der Waals surface area (Å²) in [6.45, 7) is 4.52. The normalized spacial score (nSPS) is 15.3. The maximum atomic E-state index is 12.8. The van der Waals surface area contributed by atoms with Crippen molar-refractivity contribution in [2.24, 2.45) is 5.10 Å². The van der Waals surface area contributed by atoms with Crippen LogP contribution >= 0.6 is 0 Å². The van der Waals surface area contributed by atoms with Crippen molar-refractivity contribution in [3.8, 4) is 11.5 Å². The monoisotopic (exact) mass is 350 g/mol. The van der Waals surface area contributed by atoms with Gasteiger partial charge in [-0.25, -0.2) is 0 Å². The van der Waals surface area contributed by atoms with Crippen molar-refractivity contribution in [1.29, 1.82) is 0 Å². The molecule has 2 aromatic rings. The van der Waals surface area contributed by atoms with Gasteiger partial charge in [-0.15, -0.1) is 0 Å². The second-order valence-electron chi connectivity index (χ2n) is 5.95. The van der Waals surface area contributed by atoms with Crippen molar-refractivity contribution in [3.05, 3.63) is 59.7 Å². The SMILES string of the molecule is CCCOc1ccc(/C=C2\C(=O)N(c3ccccc3)N=C2C)cc1OC. The van der Waals surface area contributed by atoms with Crippen molar-refractivity contribution < 1.29 is 14.3 Å². The largest absolute Gasteiger partial charge is 0.493 e. The van der Waals surface area contributed by atoms with E-state index < -0.39 is 0 Å². The standard InChI is InChI=1S/C21H22N2O3/c1-4-12-26-19-11-10-16(14-20(19)25-3)13-18-15(2)22-23(21(18)24)17-8-6-5-7-9-17/h5-11,13-14H,4,12H2,1-3H3/b18-13-. The van der Waals surface area contributed by atoms with Gasteiger partial charge in [-0.2, -0.15) is 10.1 Å². The molecule has 0 atom stereocenters. The van der Waals surface area contributed by atoms with Gasteiger partial charge in [0.25, 0.3) is 5.91 Å². The van der Waals surface area contributed by atoms with Crippen LogP contribution in [0.3, 0.4) is 0 Å². The molecule has 1 heterocycles. The van der Waals surface area contributed by atoms with Crippen LogP contribution in [0.2, 0.25) is 0 Å². The molecule has 26 heavy (non-hydrogen) atoms. The lowest BCUT2D eigenvalue weighted by atomic mass is 10.1. The summed E-state index contributed by atoms with van der Waals surface area (Å²) in [5.74, 6) is 1.21. The highest BCUT2D eigenvalue weighted by Gasteiger charge is 2.28. The topological polar surface area (TPSA) is 51.1 Å². The Hall–Kier alpha value is -3.08. The number of hydrazone groups is 1. The second-order valence-corrected chi connectivity index (χ2v) is 5.95. The molecule has 0 aromatic heterocycles. The Balaban J connectivity index is 1.88. The van der Waals surface area contributed by atoms with E-state index in [1.165, 1.54) is 5.01 Å². The van der Waals surface area contributed by atoms with Crippen LogP contribution in [-0.2, 0) is 4.79 Å². The first-order chi connectivity index (χ1) is 12.6. The fourth-order valence-electron chi connectivity index (χ4n) is 2.70. The molecular weight excluding hydrogens is 328 g/mol. The van der Waals surface area contributed by atoms with Gasteiger partial charge in [-0.05, 0) is 49.2 Å². The van der Waals surface area contributed by atoms with E-state index >= 15 is 0 Å². The first kappa shape index (κ1) is 17.7. The average Bonchev–Trinajstić information content (AvgIpc) is 2.95. The Labute approximate surface area is 153 Å². The van der Waals surface area contributed by atoms with Gasteiger partial charge >= 0.3 is 0 Å². The van der Waals surface area contributed by atoms with Crippen molar-refractivity contribution in [2.75, 3.05) is 18.7 Å². The number of nitrogens with zero attached hydrogens (tertiary/aromatic N) is 2. The summed E-state index contributed by atoms with van der Waals surface area (Å²) >= 11 is 0. The zero-order valence-electron chi connectivity index (χ0n) is 15.2. The van der Waals surface area contributed by atoms with Crippen molar-refractivity contribution in [2.45, 2.75) is 20.3 Å². The molecule has 0 saturated heterocycles. The lowest BCUT2D eigenvalue weighted by Crippen LogP contribution is -2.21. The summed E-state index contributed by atoms with van der Waals surface area (Å²) in [6.07, 6.45) is 2.75. The van der Waals surface area contributed by atoms with Gasteiger partial charge in [0.1, 0.15) is 0 Å². The van der Waals surface area contributed by atoms with Crippen LogP contribution in [-0.4, -0.2) is 25.3 Å². The van der Waals surface area contributed by atoms with Gasteiger partial charge in [0.15, 0.2) is 11.5 Å². The number of para-hydroxylation sites is 1. The molecular formula is C21H22N2O3. The minimum absolute atomic E-state index is 0.140. The summed E-state index contributed by atoms with van der Waals surface area (Å²) in [5, 5.41) is 5.82. The molecule has 0 radical (unpaired) electrons. The molecule has 0 N–H and O–H groups in total. The molecule has 1 aliphatic rings. The highest BCUT2D eigenvalue weighted by atomic mass is 16.5. The minimum Gasteiger partial charge on any atom is -0.493 e. The van der Waals surface area contributed by atoms with E-state index in [0.717, 1.165) is 17.7 Å². The van der Waals surface area contributed by atoms with E-state index in [9.17, 15) is 4.79 Å². The number of hydrogen-bond donors (Lipinski definition) is 0. The fraction of sp³-hybridized carbons (Fsp3) is 0.238. The van der Waals surface area contributed by atoms with Gasteiger partial charge in [-0.3, -0.25) is 4.79 Å². The van der Waals surface area contributed by atoms with Crippen LogP contribution in [0.15, 0.2) is 59.2 Å². The number of anilines is 1. The first-order valence-electron chi connectivity index (χ1n) is 8.61. The summed E-state index contributed by atoms with van der Waals surface area (Å²) in [7, 11) is 1.61. The zero-order valence-corrected chi connectivity index (χ0v) is 15.2. The van der Waals surface area contributed by atoms with Crippen LogP contribution in [0.5, 0.6) is 11.5 Å². The third-order valence-corrected chi connectivity index (χ3v) is 4.02. The Bertz CT molecular complexity index is 857. The molecule has 0 saturated carbocycles. The number of amides is 1. The summed E-state index contributed by atoms with van der Waals surface area (Å²) in [6, 6.07) is 15.0. The maximum absolute atomic E-state index is 12.8. The molecule has 0 unspecified atom stereocenters. The summed E-state index contributed by atoms with van der Waals surface area (Å²) in [5.41, 5.74) is 2.86. The number of methoxy groups -OCH3 is 1. The molecule has 134 valence electrons. The number of hydrogen-bond acceptors (Lipinski definition) is 4. The lowest BCUT2D eigenvalue weighted by Gasteiger charge is -2.12. The zero-order chi connectivity index (χ0) is 18.5. The van der Waals surface area contributed by atoms with Crippen LogP contribution in [0.25, 0.3) is 6.08 Å². The number of carbonyl (C=O) groups is 1.